The smallest absolute Gasteiger partial charge is 0.246 e. The molecule has 1 N–H and O–H groups in total. The third-order valence-electron chi connectivity index (χ3n) is 6.81. The van der Waals surface area contributed by atoms with Crippen molar-refractivity contribution in [1.29, 1.82) is 0 Å². The molecule has 29 heavy (non-hydrogen) atoms. The summed E-state index contributed by atoms with van der Waals surface area (Å²) in [5, 5.41) is 3.29. The average Bonchev–Trinajstić information content (AvgIpc) is 3.31. The highest BCUT2D eigenvalue weighted by molar-refractivity contribution is 5.84. The second-order valence-electron chi connectivity index (χ2n) is 8.70. The standard InChI is InChI=1S/C24H32FN3O/c25-22-9-3-2-8-21(22)19-27-16-10-20(11-17-27)18-26-23(29)24(12-4-1-5-13-24)28-14-6-7-15-28/h2-3,6-9,14-15,20H,1,4-5,10-13,16-19H2,(H,26,29). The van der Waals surface area contributed by atoms with Gasteiger partial charge in [0, 0.05) is 31.0 Å². The van der Waals surface area contributed by atoms with E-state index in [0.717, 1.165) is 63.7 Å². The first kappa shape index (κ1) is 20.1. The molecule has 0 radical (unpaired) electrons. The van der Waals surface area contributed by atoms with Crippen molar-refractivity contribution in [1.82, 2.24) is 14.8 Å². The van der Waals surface area contributed by atoms with Gasteiger partial charge in [-0.3, -0.25) is 9.69 Å². The SMILES string of the molecule is O=C(NCC1CCN(Cc2ccccc2F)CC1)C1(n2cccc2)CCCCC1. The van der Waals surface area contributed by atoms with Crippen molar-refractivity contribution in [3.8, 4) is 0 Å². The Morgan fingerprint density at radius 2 is 1.72 bits per heavy atom. The van der Waals surface area contributed by atoms with Crippen LogP contribution in [-0.2, 0) is 16.9 Å². The number of halogens is 1. The van der Waals surface area contributed by atoms with Crippen molar-refractivity contribution in [2.24, 2.45) is 5.92 Å². The van der Waals surface area contributed by atoms with Crippen molar-refractivity contribution in [3.05, 3.63) is 60.2 Å². The Hall–Kier alpha value is -2.14. The van der Waals surface area contributed by atoms with Crippen LogP contribution in [0.15, 0.2) is 48.8 Å². The van der Waals surface area contributed by atoms with Gasteiger partial charge in [-0.25, -0.2) is 4.39 Å². The van der Waals surface area contributed by atoms with Gasteiger partial charge in [-0.1, -0.05) is 37.5 Å². The minimum absolute atomic E-state index is 0.121. The van der Waals surface area contributed by atoms with E-state index in [9.17, 15) is 9.18 Å². The van der Waals surface area contributed by atoms with Crippen molar-refractivity contribution in [2.45, 2.75) is 57.0 Å². The molecular formula is C24H32FN3O. The van der Waals surface area contributed by atoms with Crippen LogP contribution >= 0.6 is 0 Å². The van der Waals surface area contributed by atoms with E-state index in [4.69, 9.17) is 0 Å². The maximum Gasteiger partial charge on any atom is 0.246 e. The molecule has 1 aliphatic carbocycles. The number of carbonyl (C=O) groups is 1. The van der Waals surface area contributed by atoms with E-state index in [0.29, 0.717) is 12.5 Å². The lowest BCUT2D eigenvalue weighted by Crippen LogP contribution is -2.51. The van der Waals surface area contributed by atoms with Gasteiger partial charge in [0.2, 0.25) is 5.91 Å². The highest BCUT2D eigenvalue weighted by Crippen LogP contribution is 2.35. The molecule has 1 aliphatic heterocycles. The van der Waals surface area contributed by atoms with Gasteiger partial charge in [-0.2, -0.15) is 0 Å². The largest absolute Gasteiger partial charge is 0.354 e. The van der Waals surface area contributed by atoms with Crippen LogP contribution in [-0.4, -0.2) is 35.0 Å². The monoisotopic (exact) mass is 397 g/mol. The van der Waals surface area contributed by atoms with Crippen molar-refractivity contribution >= 4 is 5.91 Å². The van der Waals surface area contributed by atoms with Gasteiger partial charge in [0.05, 0.1) is 0 Å². The molecule has 0 unspecified atom stereocenters. The number of piperidine rings is 1. The maximum absolute atomic E-state index is 13.9. The highest BCUT2D eigenvalue weighted by atomic mass is 19.1. The zero-order valence-corrected chi connectivity index (χ0v) is 17.2. The topological polar surface area (TPSA) is 37.3 Å². The summed E-state index contributed by atoms with van der Waals surface area (Å²) >= 11 is 0. The Kier molecular flexibility index (Phi) is 6.34. The average molecular weight is 398 g/mol. The number of nitrogens with zero attached hydrogens (tertiary/aromatic N) is 2. The summed E-state index contributed by atoms with van der Waals surface area (Å²) in [6.45, 7) is 3.33. The Bertz CT molecular complexity index is 790. The molecule has 1 saturated heterocycles. The predicted molar refractivity (Wildman–Crippen MR) is 113 cm³/mol. The third kappa shape index (κ3) is 4.55. The van der Waals surface area contributed by atoms with E-state index in [1.165, 1.54) is 12.5 Å². The molecule has 1 amide bonds. The molecule has 2 fully saturated rings. The number of nitrogens with one attached hydrogen (secondary N) is 1. The molecule has 0 bridgehead atoms. The van der Waals surface area contributed by atoms with E-state index >= 15 is 0 Å². The molecule has 2 aliphatic rings. The first-order chi connectivity index (χ1) is 14.2. The lowest BCUT2D eigenvalue weighted by molar-refractivity contribution is -0.132. The van der Waals surface area contributed by atoms with E-state index in [-0.39, 0.29) is 11.7 Å². The van der Waals surface area contributed by atoms with Crippen molar-refractivity contribution in [2.75, 3.05) is 19.6 Å². The Balaban J connectivity index is 1.28. The zero-order valence-electron chi connectivity index (χ0n) is 17.2. The summed E-state index contributed by atoms with van der Waals surface area (Å²) < 4.78 is 16.0. The number of aromatic nitrogens is 1. The number of hydrogen-bond donors (Lipinski definition) is 1. The maximum atomic E-state index is 13.9. The number of amides is 1. The van der Waals surface area contributed by atoms with Gasteiger partial charge in [0.15, 0.2) is 0 Å². The molecule has 1 aromatic heterocycles. The summed E-state index contributed by atoms with van der Waals surface area (Å²) in [5.41, 5.74) is 0.359. The molecule has 4 nitrogen and oxygen atoms in total. The highest BCUT2D eigenvalue weighted by Gasteiger charge is 2.40. The first-order valence-electron chi connectivity index (χ1n) is 11.0. The lowest BCUT2D eigenvalue weighted by atomic mass is 9.80. The van der Waals surface area contributed by atoms with Crippen LogP contribution in [0.5, 0.6) is 0 Å². The van der Waals surface area contributed by atoms with Crippen molar-refractivity contribution < 1.29 is 9.18 Å². The molecule has 156 valence electrons. The lowest BCUT2D eigenvalue weighted by Gasteiger charge is -2.38. The summed E-state index contributed by atoms with van der Waals surface area (Å²) in [4.78, 5) is 15.5. The number of likely N-dealkylation sites (tertiary alicyclic amines) is 1. The van der Waals surface area contributed by atoms with E-state index in [1.54, 1.807) is 6.07 Å². The van der Waals surface area contributed by atoms with Crippen LogP contribution < -0.4 is 5.32 Å². The number of rotatable bonds is 6. The Morgan fingerprint density at radius 3 is 2.41 bits per heavy atom. The minimum Gasteiger partial charge on any atom is -0.354 e. The Labute approximate surface area is 173 Å². The molecule has 1 aromatic carbocycles. The van der Waals surface area contributed by atoms with Gasteiger partial charge in [0.25, 0.3) is 0 Å². The van der Waals surface area contributed by atoms with E-state index < -0.39 is 5.54 Å². The van der Waals surface area contributed by atoms with Crippen LogP contribution in [0.4, 0.5) is 4.39 Å². The van der Waals surface area contributed by atoms with Gasteiger partial charge in [-0.15, -0.1) is 0 Å². The zero-order chi connectivity index (χ0) is 20.1. The predicted octanol–water partition coefficient (Wildman–Crippen LogP) is 4.32. The van der Waals surface area contributed by atoms with Crippen LogP contribution in [0.2, 0.25) is 0 Å². The van der Waals surface area contributed by atoms with E-state index in [1.807, 2.05) is 36.7 Å². The first-order valence-corrected chi connectivity index (χ1v) is 11.0. The van der Waals surface area contributed by atoms with Crippen LogP contribution in [0.1, 0.15) is 50.5 Å². The van der Waals surface area contributed by atoms with Crippen LogP contribution in [0, 0.1) is 11.7 Å². The summed E-state index contributed by atoms with van der Waals surface area (Å²) in [6.07, 6.45) is 11.5. The third-order valence-corrected chi connectivity index (χ3v) is 6.81. The summed E-state index contributed by atoms with van der Waals surface area (Å²) in [5.74, 6) is 0.563. The molecule has 1 saturated carbocycles. The molecule has 2 aromatic rings. The number of carbonyl (C=O) groups excluding carboxylic acids is 1. The van der Waals surface area contributed by atoms with E-state index in [2.05, 4.69) is 14.8 Å². The van der Waals surface area contributed by atoms with Crippen molar-refractivity contribution in [3.63, 3.8) is 0 Å². The van der Waals surface area contributed by atoms with Gasteiger partial charge in [-0.05, 0) is 62.9 Å². The normalized spacial score (nSPS) is 20.4. The second kappa shape index (κ2) is 9.12. The molecule has 2 heterocycles. The minimum atomic E-state index is -0.409. The van der Waals surface area contributed by atoms with Crippen LogP contribution in [0.3, 0.4) is 0 Å². The number of hydrogen-bond acceptors (Lipinski definition) is 2. The second-order valence-corrected chi connectivity index (χ2v) is 8.70. The number of benzene rings is 1. The fraction of sp³-hybridized carbons (Fsp3) is 0.542. The molecule has 0 atom stereocenters. The quantitative estimate of drug-likeness (QED) is 0.788. The fourth-order valence-electron chi connectivity index (χ4n) is 4.98. The fourth-order valence-corrected chi connectivity index (χ4v) is 4.98. The van der Waals surface area contributed by atoms with Gasteiger partial charge >= 0.3 is 0 Å². The summed E-state index contributed by atoms with van der Waals surface area (Å²) in [6, 6.07) is 11.0. The van der Waals surface area contributed by atoms with Crippen LogP contribution in [0.25, 0.3) is 0 Å². The molecular weight excluding hydrogens is 365 g/mol. The van der Waals surface area contributed by atoms with Gasteiger partial charge in [0.1, 0.15) is 11.4 Å². The Morgan fingerprint density at radius 1 is 1.03 bits per heavy atom. The summed E-state index contributed by atoms with van der Waals surface area (Å²) in [7, 11) is 0. The molecule has 0 spiro atoms. The van der Waals surface area contributed by atoms with Gasteiger partial charge < -0.3 is 9.88 Å². The molecule has 5 heteroatoms. The molecule has 4 rings (SSSR count).